The van der Waals surface area contributed by atoms with Gasteiger partial charge in [-0.3, -0.25) is 0 Å². The van der Waals surface area contributed by atoms with Crippen molar-refractivity contribution in [2.24, 2.45) is 0 Å². The normalized spacial score (nSPS) is 14.7. The molecule has 1 aromatic heterocycles. The zero-order chi connectivity index (χ0) is 16.6. The van der Waals surface area contributed by atoms with Crippen LogP contribution in [0.25, 0.3) is 0 Å². The number of alkyl halides is 3. The molecule has 1 N–H and O–H groups in total. The highest BCUT2D eigenvalue weighted by Gasteiger charge is 2.31. The molecule has 0 radical (unpaired) electrons. The number of hydrogen-bond donors (Lipinski definition) is 1. The number of hydrogen-bond acceptors (Lipinski definition) is 4. The molecule has 1 aromatic carbocycles. The molecule has 0 spiro atoms. The molecule has 1 aliphatic rings. The van der Waals surface area contributed by atoms with Gasteiger partial charge in [-0.1, -0.05) is 17.7 Å². The first kappa shape index (κ1) is 15.7. The van der Waals surface area contributed by atoms with E-state index < -0.39 is 11.7 Å². The number of nitrogens with zero attached hydrogens (tertiary/aromatic N) is 1. The Kier molecular flexibility index (Phi) is 3.97. The Morgan fingerprint density at radius 1 is 1.22 bits per heavy atom. The lowest BCUT2D eigenvalue weighted by atomic mass is 10.1. The van der Waals surface area contributed by atoms with Crippen molar-refractivity contribution in [2.45, 2.75) is 19.1 Å². The van der Waals surface area contributed by atoms with Crippen LogP contribution in [0, 0.1) is 0 Å². The van der Waals surface area contributed by atoms with E-state index in [-0.39, 0.29) is 23.7 Å². The van der Waals surface area contributed by atoms with Crippen LogP contribution in [0.1, 0.15) is 24.1 Å². The van der Waals surface area contributed by atoms with Crippen LogP contribution in [-0.4, -0.2) is 11.8 Å². The van der Waals surface area contributed by atoms with Gasteiger partial charge in [0.25, 0.3) is 0 Å². The quantitative estimate of drug-likeness (QED) is 0.879. The van der Waals surface area contributed by atoms with Crippen LogP contribution in [0.5, 0.6) is 11.5 Å². The van der Waals surface area contributed by atoms with Crippen LogP contribution in [0.15, 0.2) is 30.5 Å². The van der Waals surface area contributed by atoms with E-state index in [0.29, 0.717) is 11.5 Å². The summed E-state index contributed by atoms with van der Waals surface area (Å²) in [7, 11) is 0. The third kappa shape index (κ3) is 3.29. The van der Waals surface area contributed by atoms with Gasteiger partial charge in [-0.25, -0.2) is 4.98 Å². The number of fused-ring (bicyclic) bond motifs is 1. The Bertz CT molecular complexity index is 737. The lowest BCUT2D eigenvalue weighted by Gasteiger charge is -2.17. The van der Waals surface area contributed by atoms with E-state index in [1.54, 1.807) is 12.1 Å². The van der Waals surface area contributed by atoms with E-state index in [4.69, 9.17) is 21.1 Å². The molecule has 2 heterocycles. The molecular weight excluding hydrogens is 333 g/mol. The molecule has 2 aromatic rings. The van der Waals surface area contributed by atoms with Gasteiger partial charge in [0.05, 0.1) is 16.6 Å². The van der Waals surface area contributed by atoms with E-state index >= 15 is 0 Å². The Morgan fingerprint density at radius 3 is 2.65 bits per heavy atom. The molecule has 0 bridgehead atoms. The Morgan fingerprint density at radius 2 is 1.96 bits per heavy atom. The summed E-state index contributed by atoms with van der Waals surface area (Å²) in [5.41, 5.74) is -0.0178. The number of benzene rings is 1. The van der Waals surface area contributed by atoms with Crippen LogP contribution in [0.4, 0.5) is 19.0 Å². The largest absolute Gasteiger partial charge is 0.454 e. The summed E-state index contributed by atoms with van der Waals surface area (Å²) in [4.78, 5) is 3.76. The number of pyridine rings is 1. The molecule has 0 fully saturated rings. The van der Waals surface area contributed by atoms with Gasteiger partial charge in [-0.2, -0.15) is 13.2 Å². The summed E-state index contributed by atoms with van der Waals surface area (Å²) < 4.78 is 48.4. The maximum absolute atomic E-state index is 12.6. The minimum absolute atomic E-state index is 0.0904. The Balaban J connectivity index is 1.79. The average molecular weight is 345 g/mol. The van der Waals surface area contributed by atoms with E-state index in [2.05, 4.69) is 10.3 Å². The fraction of sp³-hybridized carbons (Fsp3) is 0.267. The number of nitrogens with one attached hydrogen (secondary N) is 1. The van der Waals surface area contributed by atoms with Crippen molar-refractivity contribution in [1.29, 1.82) is 0 Å². The molecule has 1 unspecified atom stereocenters. The topological polar surface area (TPSA) is 43.4 Å². The lowest BCUT2D eigenvalue weighted by Crippen LogP contribution is -2.10. The van der Waals surface area contributed by atoms with Gasteiger partial charge in [-0.15, -0.1) is 0 Å². The van der Waals surface area contributed by atoms with Gasteiger partial charge in [0, 0.05) is 6.20 Å². The second-order valence-corrected chi connectivity index (χ2v) is 5.44. The number of rotatable bonds is 3. The monoisotopic (exact) mass is 344 g/mol. The first-order chi connectivity index (χ1) is 10.8. The maximum Gasteiger partial charge on any atom is 0.417 e. The summed E-state index contributed by atoms with van der Waals surface area (Å²) in [6.45, 7) is 2.01. The highest BCUT2D eigenvalue weighted by Crippen LogP contribution is 2.36. The van der Waals surface area contributed by atoms with Crippen LogP contribution in [0.3, 0.4) is 0 Å². The standard InChI is InChI=1S/C15H12ClF3N2O2/c1-8(9-2-3-12-13(4-9)23-7-22-12)21-14-11(16)5-10(6-20-14)15(17,18)19/h2-6,8H,7H2,1H3,(H,20,21). The number of aromatic nitrogens is 1. The van der Waals surface area contributed by atoms with Crippen molar-refractivity contribution >= 4 is 17.4 Å². The Hall–Kier alpha value is -2.15. The van der Waals surface area contributed by atoms with E-state index in [1.807, 2.05) is 13.0 Å². The second-order valence-electron chi connectivity index (χ2n) is 5.03. The first-order valence-corrected chi connectivity index (χ1v) is 7.11. The molecule has 0 amide bonds. The van der Waals surface area contributed by atoms with Crippen LogP contribution < -0.4 is 14.8 Å². The molecule has 1 aliphatic heterocycles. The van der Waals surface area contributed by atoms with Gasteiger partial charge in [0.15, 0.2) is 11.5 Å². The number of ether oxygens (including phenoxy) is 2. The molecule has 122 valence electrons. The van der Waals surface area contributed by atoms with Crippen molar-refractivity contribution in [3.8, 4) is 11.5 Å². The minimum atomic E-state index is -4.47. The lowest BCUT2D eigenvalue weighted by molar-refractivity contribution is -0.137. The van der Waals surface area contributed by atoms with Gasteiger partial charge in [0.1, 0.15) is 5.82 Å². The molecule has 23 heavy (non-hydrogen) atoms. The molecule has 0 aliphatic carbocycles. The summed E-state index contributed by atoms with van der Waals surface area (Å²) >= 11 is 5.89. The van der Waals surface area contributed by atoms with Crippen molar-refractivity contribution in [1.82, 2.24) is 4.98 Å². The minimum Gasteiger partial charge on any atom is -0.454 e. The van der Waals surface area contributed by atoms with Crippen molar-refractivity contribution in [2.75, 3.05) is 12.1 Å². The highest BCUT2D eigenvalue weighted by molar-refractivity contribution is 6.33. The third-order valence-corrected chi connectivity index (χ3v) is 3.71. The van der Waals surface area contributed by atoms with Gasteiger partial charge in [0.2, 0.25) is 6.79 Å². The van der Waals surface area contributed by atoms with Crippen molar-refractivity contribution in [3.63, 3.8) is 0 Å². The molecule has 0 saturated heterocycles. The van der Waals surface area contributed by atoms with Gasteiger partial charge in [-0.05, 0) is 30.7 Å². The molecule has 1 atom stereocenters. The molecule has 0 saturated carbocycles. The van der Waals surface area contributed by atoms with Crippen LogP contribution in [0.2, 0.25) is 5.02 Å². The zero-order valence-corrected chi connectivity index (χ0v) is 12.7. The van der Waals surface area contributed by atoms with E-state index in [9.17, 15) is 13.2 Å². The van der Waals surface area contributed by atoms with Crippen LogP contribution in [-0.2, 0) is 6.18 Å². The molecule has 8 heteroatoms. The SMILES string of the molecule is CC(Nc1ncc(C(F)(F)F)cc1Cl)c1ccc2c(c1)OCO2. The van der Waals surface area contributed by atoms with Gasteiger partial charge < -0.3 is 14.8 Å². The summed E-state index contributed by atoms with van der Waals surface area (Å²) in [6.07, 6.45) is -3.72. The van der Waals surface area contributed by atoms with E-state index in [1.165, 1.54) is 0 Å². The number of anilines is 1. The van der Waals surface area contributed by atoms with Crippen molar-refractivity contribution < 1.29 is 22.6 Å². The second kappa shape index (κ2) is 5.81. The zero-order valence-electron chi connectivity index (χ0n) is 11.9. The van der Waals surface area contributed by atoms with E-state index in [0.717, 1.165) is 17.8 Å². The summed E-state index contributed by atoms with van der Waals surface area (Å²) in [6, 6.07) is 6.04. The maximum atomic E-state index is 12.6. The number of halogens is 4. The third-order valence-electron chi connectivity index (χ3n) is 3.42. The first-order valence-electron chi connectivity index (χ1n) is 6.73. The predicted octanol–water partition coefficient (Wildman–Crippen LogP) is 4.66. The average Bonchev–Trinajstić information content (AvgIpc) is 2.95. The fourth-order valence-corrected chi connectivity index (χ4v) is 2.39. The molecule has 4 nitrogen and oxygen atoms in total. The molecular formula is C15H12ClF3N2O2. The smallest absolute Gasteiger partial charge is 0.417 e. The fourth-order valence-electron chi connectivity index (χ4n) is 2.17. The predicted molar refractivity (Wildman–Crippen MR) is 78.9 cm³/mol. The molecule has 3 rings (SSSR count). The summed E-state index contributed by atoms with van der Waals surface area (Å²) in [5, 5.41) is 2.90. The van der Waals surface area contributed by atoms with Crippen LogP contribution >= 0.6 is 11.6 Å². The van der Waals surface area contributed by atoms with Crippen molar-refractivity contribution in [3.05, 3.63) is 46.6 Å². The summed E-state index contributed by atoms with van der Waals surface area (Å²) in [5.74, 6) is 1.47. The van der Waals surface area contributed by atoms with Gasteiger partial charge >= 0.3 is 6.18 Å². The Labute approximate surface area is 135 Å². The highest BCUT2D eigenvalue weighted by atomic mass is 35.5.